The van der Waals surface area contributed by atoms with Crippen LogP contribution in [0.4, 0.5) is 0 Å². The first-order chi connectivity index (χ1) is 12.7. The molecule has 0 unspecified atom stereocenters. The fourth-order valence-corrected chi connectivity index (χ4v) is 4.73. The van der Waals surface area contributed by atoms with Gasteiger partial charge < -0.3 is 4.74 Å². The fourth-order valence-electron chi connectivity index (χ4n) is 3.75. The number of nitrogens with zero attached hydrogens (tertiary/aromatic N) is 1. The SMILES string of the molecule is CCOC(=O)c1cccnc1Sc1cc2c(cc1C)C(C)(C)CCC2(C)C. The van der Waals surface area contributed by atoms with E-state index in [2.05, 4.69) is 51.7 Å². The van der Waals surface area contributed by atoms with E-state index in [-0.39, 0.29) is 16.8 Å². The van der Waals surface area contributed by atoms with Crippen LogP contribution in [0, 0.1) is 6.92 Å². The first-order valence-corrected chi connectivity index (χ1v) is 10.4. The lowest BCUT2D eigenvalue weighted by molar-refractivity contribution is 0.0521. The zero-order valence-corrected chi connectivity index (χ0v) is 18.0. The number of fused-ring (bicyclic) bond motifs is 1. The molecule has 0 radical (unpaired) electrons. The van der Waals surface area contributed by atoms with Crippen molar-refractivity contribution in [2.24, 2.45) is 0 Å². The van der Waals surface area contributed by atoms with Crippen LogP contribution in [0.15, 0.2) is 40.4 Å². The molecule has 144 valence electrons. The number of carbonyl (C=O) groups is 1. The monoisotopic (exact) mass is 383 g/mol. The number of ether oxygens (including phenoxy) is 1. The quantitative estimate of drug-likeness (QED) is 0.601. The van der Waals surface area contributed by atoms with E-state index in [1.165, 1.54) is 29.5 Å². The average molecular weight is 384 g/mol. The Morgan fingerprint density at radius 2 is 1.78 bits per heavy atom. The summed E-state index contributed by atoms with van der Waals surface area (Å²) in [5.41, 5.74) is 4.97. The van der Waals surface area contributed by atoms with Gasteiger partial charge in [0.25, 0.3) is 0 Å². The smallest absolute Gasteiger partial charge is 0.340 e. The predicted molar refractivity (Wildman–Crippen MR) is 111 cm³/mol. The summed E-state index contributed by atoms with van der Waals surface area (Å²) >= 11 is 1.56. The van der Waals surface area contributed by atoms with Gasteiger partial charge in [-0.2, -0.15) is 0 Å². The molecule has 0 N–H and O–H groups in total. The summed E-state index contributed by atoms with van der Waals surface area (Å²) in [5.74, 6) is -0.315. The number of pyridine rings is 1. The number of esters is 1. The maximum atomic E-state index is 12.3. The van der Waals surface area contributed by atoms with Crippen LogP contribution < -0.4 is 0 Å². The Bertz CT molecular complexity index is 871. The molecule has 0 spiro atoms. The third-order valence-corrected chi connectivity index (χ3v) is 6.80. The first kappa shape index (κ1) is 19.9. The molecule has 4 heteroatoms. The zero-order valence-electron chi connectivity index (χ0n) is 17.2. The Labute approximate surface area is 166 Å². The van der Waals surface area contributed by atoms with Crippen molar-refractivity contribution in [2.45, 2.75) is 75.1 Å². The van der Waals surface area contributed by atoms with E-state index in [1.54, 1.807) is 30.1 Å². The van der Waals surface area contributed by atoms with Gasteiger partial charge in [-0.3, -0.25) is 0 Å². The van der Waals surface area contributed by atoms with Crippen molar-refractivity contribution < 1.29 is 9.53 Å². The predicted octanol–water partition coefficient (Wildman–Crippen LogP) is 6.07. The van der Waals surface area contributed by atoms with E-state index in [0.717, 1.165) is 4.90 Å². The summed E-state index contributed by atoms with van der Waals surface area (Å²) in [7, 11) is 0. The van der Waals surface area contributed by atoms with Gasteiger partial charge in [0.05, 0.1) is 12.2 Å². The molecule has 3 nitrogen and oxygen atoms in total. The largest absolute Gasteiger partial charge is 0.462 e. The molecular formula is C23H29NO2S. The molecule has 1 aliphatic carbocycles. The summed E-state index contributed by atoms with van der Waals surface area (Å²) in [4.78, 5) is 17.9. The van der Waals surface area contributed by atoms with Gasteiger partial charge in [0.1, 0.15) is 5.03 Å². The number of benzene rings is 1. The van der Waals surface area contributed by atoms with E-state index in [9.17, 15) is 4.79 Å². The number of aryl methyl sites for hydroxylation is 1. The second kappa shape index (κ2) is 7.31. The average Bonchev–Trinajstić information content (AvgIpc) is 2.61. The second-order valence-electron chi connectivity index (χ2n) is 8.61. The molecule has 0 amide bonds. The third kappa shape index (κ3) is 3.91. The van der Waals surface area contributed by atoms with Crippen LogP contribution in [0.2, 0.25) is 0 Å². The lowest BCUT2D eigenvalue weighted by Crippen LogP contribution is -2.34. The van der Waals surface area contributed by atoms with Crippen LogP contribution in [0.1, 0.15) is 74.5 Å². The number of rotatable bonds is 4. The standard InChI is InChI=1S/C23H29NO2S/c1-7-26-21(25)16-9-8-12-24-20(16)27-19-14-18-17(13-15(19)2)22(3,4)10-11-23(18,5)6/h8-9,12-14H,7,10-11H2,1-6H3. The number of aromatic nitrogens is 1. The minimum atomic E-state index is -0.315. The van der Waals surface area contributed by atoms with Gasteiger partial charge >= 0.3 is 5.97 Å². The van der Waals surface area contributed by atoms with E-state index in [4.69, 9.17) is 4.74 Å². The van der Waals surface area contributed by atoms with Gasteiger partial charge in [-0.05, 0) is 72.4 Å². The molecule has 0 aliphatic heterocycles. The highest BCUT2D eigenvalue weighted by atomic mass is 32.2. The minimum absolute atomic E-state index is 0.155. The lowest BCUT2D eigenvalue weighted by atomic mass is 9.63. The minimum Gasteiger partial charge on any atom is -0.462 e. The summed E-state index contributed by atoms with van der Waals surface area (Å²) in [5, 5.41) is 0.701. The summed E-state index contributed by atoms with van der Waals surface area (Å²) in [6.07, 6.45) is 4.11. The summed E-state index contributed by atoms with van der Waals surface area (Å²) in [6.45, 7) is 13.7. The molecule has 0 saturated carbocycles. The van der Waals surface area contributed by atoms with Crippen LogP contribution in [-0.4, -0.2) is 17.6 Å². The molecule has 0 atom stereocenters. The lowest BCUT2D eigenvalue weighted by Gasteiger charge is -2.42. The van der Waals surface area contributed by atoms with Crippen LogP contribution in [0.3, 0.4) is 0 Å². The Morgan fingerprint density at radius 3 is 2.41 bits per heavy atom. The highest BCUT2D eigenvalue weighted by Gasteiger charge is 2.37. The summed E-state index contributed by atoms with van der Waals surface area (Å²) in [6, 6.07) is 8.22. The third-order valence-electron chi connectivity index (χ3n) is 5.62. The van der Waals surface area contributed by atoms with Crippen LogP contribution in [-0.2, 0) is 15.6 Å². The van der Waals surface area contributed by atoms with Crippen molar-refractivity contribution in [3.05, 3.63) is 52.7 Å². The molecule has 1 aromatic carbocycles. The molecule has 1 aromatic heterocycles. The van der Waals surface area contributed by atoms with Gasteiger partial charge in [0, 0.05) is 11.1 Å². The van der Waals surface area contributed by atoms with Gasteiger partial charge in [-0.1, -0.05) is 45.5 Å². The van der Waals surface area contributed by atoms with Crippen molar-refractivity contribution >= 4 is 17.7 Å². The van der Waals surface area contributed by atoms with E-state index >= 15 is 0 Å². The van der Waals surface area contributed by atoms with Crippen LogP contribution in [0.5, 0.6) is 0 Å². The molecule has 1 aliphatic rings. The highest BCUT2D eigenvalue weighted by molar-refractivity contribution is 7.99. The molecule has 27 heavy (non-hydrogen) atoms. The number of carbonyl (C=O) groups excluding carboxylic acids is 1. The molecule has 3 rings (SSSR count). The van der Waals surface area contributed by atoms with Crippen LogP contribution >= 0.6 is 11.8 Å². The maximum Gasteiger partial charge on any atom is 0.340 e. The van der Waals surface area contributed by atoms with Crippen molar-refractivity contribution in [2.75, 3.05) is 6.61 Å². The zero-order chi connectivity index (χ0) is 19.8. The Hall–Kier alpha value is -1.81. The Balaban J connectivity index is 2.04. The number of hydrogen-bond acceptors (Lipinski definition) is 4. The summed E-state index contributed by atoms with van der Waals surface area (Å²) < 4.78 is 5.20. The van der Waals surface area contributed by atoms with E-state index in [1.807, 2.05) is 6.92 Å². The fraction of sp³-hybridized carbons (Fsp3) is 0.478. The van der Waals surface area contributed by atoms with Crippen LogP contribution in [0.25, 0.3) is 0 Å². The molecule has 0 saturated heterocycles. The molecule has 2 aromatic rings. The van der Waals surface area contributed by atoms with Crippen molar-refractivity contribution in [1.82, 2.24) is 4.98 Å². The molecule has 0 bridgehead atoms. The van der Waals surface area contributed by atoms with Crippen molar-refractivity contribution in [3.63, 3.8) is 0 Å². The molecule has 0 fully saturated rings. The number of hydrogen-bond donors (Lipinski definition) is 0. The highest BCUT2D eigenvalue weighted by Crippen LogP contribution is 2.48. The van der Waals surface area contributed by atoms with Crippen molar-refractivity contribution in [1.29, 1.82) is 0 Å². The first-order valence-electron chi connectivity index (χ1n) is 9.61. The van der Waals surface area contributed by atoms with Gasteiger partial charge in [0.15, 0.2) is 0 Å². The second-order valence-corrected chi connectivity index (χ2v) is 9.64. The Morgan fingerprint density at radius 1 is 1.15 bits per heavy atom. The van der Waals surface area contributed by atoms with Gasteiger partial charge in [-0.25, -0.2) is 9.78 Å². The van der Waals surface area contributed by atoms with E-state index < -0.39 is 0 Å². The van der Waals surface area contributed by atoms with Crippen molar-refractivity contribution in [3.8, 4) is 0 Å². The van der Waals surface area contributed by atoms with E-state index in [0.29, 0.717) is 17.2 Å². The molecular weight excluding hydrogens is 354 g/mol. The Kier molecular flexibility index (Phi) is 5.40. The maximum absolute atomic E-state index is 12.3. The molecule has 1 heterocycles. The van der Waals surface area contributed by atoms with Gasteiger partial charge in [-0.15, -0.1) is 0 Å². The van der Waals surface area contributed by atoms with Gasteiger partial charge in [0.2, 0.25) is 0 Å². The normalized spacial score (nSPS) is 17.3. The topological polar surface area (TPSA) is 39.2 Å².